The molecule has 0 atom stereocenters. The number of carboxylic acid groups (broad SMARTS) is 1. The number of alkyl halides is 3. The van der Waals surface area contributed by atoms with Gasteiger partial charge < -0.3 is 20.3 Å². The molecule has 1 aliphatic carbocycles. The van der Waals surface area contributed by atoms with Crippen molar-refractivity contribution in [3.05, 3.63) is 58.7 Å². The average molecular weight is 437 g/mol. The van der Waals surface area contributed by atoms with Gasteiger partial charge in [-0.1, -0.05) is 43.5 Å². The highest BCUT2D eigenvalue weighted by atomic mass is 19.4. The molecule has 9 heteroatoms. The van der Waals surface area contributed by atoms with Gasteiger partial charge in [-0.25, -0.2) is 4.79 Å². The minimum absolute atomic E-state index is 0.0961. The molecule has 0 bridgehead atoms. The third-order valence-electron chi connectivity index (χ3n) is 5.28. The van der Waals surface area contributed by atoms with Crippen LogP contribution in [0.15, 0.2) is 36.4 Å². The predicted octanol–water partition coefficient (Wildman–Crippen LogP) is 5.13. The molecule has 0 heterocycles. The van der Waals surface area contributed by atoms with Crippen molar-refractivity contribution in [2.75, 3.05) is 0 Å². The Labute approximate surface area is 176 Å². The van der Waals surface area contributed by atoms with E-state index in [4.69, 9.17) is 9.84 Å². The molecule has 0 radical (unpaired) electrons. The van der Waals surface area contributed by atoms with Crippen LogP contribution in [0.2, 0.25) is 0 Å². The van der Waals surface area contributed by atoms with E-state index >= 15 is 0 Å². The van der Waals surface area contributed by atoms with Crippen molar-refractivity contribution in [1.82, 2.24) is 5.32 Å². The standard InChI is InChI=1S/C22H22F3NO5/c23-22(24,25)19-18(9-8-16(20(19)28)17(27)10-13-2-1-3-13)31-12-15-6-4-14(5-7-15)11-26-21(29)30/h4-9,13,26,28H,1-3,10-12H2,(H,29,30). The molecule has 1 fully saturated rings. The van der Waals surface area contributed by atoms with Gasteiger partial charge in [-0.3, -0.25) is 4.79 Å². The van der Waals surface area contributed by atoms with Crippen LogP contribution < -0.4 is 10.1 Å². The fraction of sp³-hybridized carbons (Fsp3) is 0.364. The van der Waals surface area contributed by atoms with E-state index in [1.807, 2.05) is 0 Å². The molecule has 3 N–H and O–H groups in total. The summed E-state index contributed by atoms with van der Waals surface area (Å²) in [4.78, 5) is 22.9. The van der Waals surface area contributed by atoms with Gasteiger partial charge in [-0.05, 0) is 29.2 Å². The minimum Gasteiger partial charge on any atom is -0.506 e. The highest BCUT2D eigenvalue weighted by molar-refractivity contribution is 5.99. The van der Waals surface area contributed by atoms with Gasteiger partial charge in [0.05, 0.1) is 5.56 Å². The number of nitrogens with one attached hydrogen (secondary N) is 1. The largest absolute Gasteiger partial charge is 0.506 e. The van der Waals surface area contributed by atoms with E-state index in [1.54, 1.807) is 24.3 Å². The number of ketones is 1. The van der Waals surface area contributed by atoms with Crippen molar-refractivity contribution in [3.8, 4) is 11.5 Å². The first kappa shape index (κ1) is 22.5. The van der Waals surface area contributed by atoms with Crippen LogP contribution >= 0.6 is 0 Å². The number of hydrogen-bond donors (Lipinski definition) is 3. The van der Waals surface area contributed by atoms with Crippen LogP contribution in [0.5, 0.6) is 11.5 Å². The number of phenolic OH excluding ortho intramolecular Hbond substituents is 1. The smallest absolute Gasteiger partial charge is 0.423 e. The lowest BCUT2D eigenvalue weighted by Gasteiger charge is -2.25. The Morgan fingerprint density at radius 3 is 2.26 bits per heavy atom. The Kier molecular flexibility index (Phi) is 6.72. The maximum atomic E-state index is 13.6. The first-order chi connectivity index (χ1) is 14.6. The van der Waals surface area contributed by atoms with Gasteiger partial charge in [0.1, 0.15) is 23.7 Å². The van der Waals surface area contributed by atoms with Crippen molar-refractivity contribution in [3.63, 3.8) is 0 Å². The molecular weight excluding hydrogens is 415 g/mol. The van der Waals surface area contributed by atoms with Gasteiger partial charge in [-0.2, -0.15) is 13.2 Å². The van der Waals surface area contributed by atoms with Crippen LogP contribution in [0.3, 0.4) is 0 Å². The molecule has 0 spiro atoms. The number of carbonyl (C=O) groups excluding carboxylic acids is 1. The lowest BCUT2D eigenvalue weighted by molar-refractivity contribution is -0.140. The van der Waals surface area contributed by atoms with Gasteiger partial charge in [0.2, 0.25) is 0 Å². The van der Waals surface area contributed by atoms with E-state index < -0.39 is 35.1 Å². The number of rotatable bonds is 8. The number of amides is 1. The highest BCUT2D eigenvalue weighted by Crippen LogP contribution is 2.44. The Balaban J connectivity index is 1.75. The normalized spacial score (nSPS) is 14.0. The van der Waals surface area contributed by atoms with Gasteiger partial charge in [0.15, 0.2) is 5.78 Å². The molecule has 0 unspecified atom stereocenters. The summed E-state index contributed by atoms with van der Waals surface area (Å²) in [6.07, 6.45) is -3.22. The quantitative estimate of drug-likeness (QED) is 0.498. The molecule has 166 valence electrons. The van der Waals surface area contributed by atoms with Crippen LogP contribution in [0, 0.1) is 5.92 Å². The maximum absolute atomic E-state index is 13.6. The Bertz CT molecular complexity index is 953. The molecule has 6 nitrogen and oxygen atoms in total. The highest BCUT2D eigenvalue weighted by Gasteiger charge is 2.40. The first-order valence-electron chi connectivity index (χ1n) is 9.79. The molecule has 1 aliphatic rings. The van der Waals surface area contributed by atoms with Crippen molar-refractivity contribution in [2.45, 2.75) is 45.0 Å². The molecule has 2 aromatic rings. The van der Waals surface area contributed by atoms with Crippen molar-refractivity contribution >= 4 is 11.9 Å². The molecule has 1 saturated carbocycles. The number of Topliss-reactive ketones (excluding diaryl/α,β-unsaturated/α-hetero) is 1. The minimum atomic E-state index is -4.90. The molecule has 31 heavy (non-hydrogen) atoms. The number of halogens is 3. The Morgan fingerprint density at radius 1 is 1.06 bits per heavy atom. The molecule has 3 rings (SSSR count). The summed E-state index contributed by atoms with van der Waals surface area (Å²) < 4.78 is 46.2. The first-order valence-corrected chi connectivity index (χ1v) is 9.79. The summed E-state index contributed by atoms with van der Waals surface area (Å²) in [5.74, 6) is -2.03. The summed E-state index contributed by atoms with van der Waals surface area (Å²) in [5.41, 5.74) is -0.484. The Hall–Kier alpha value is -3.23. The van der Waals surface area contributed by atoms with E-state index in [9.17, 15) is 27.9 Å². The molecule has 0 aliphatic heterocycles. The molecule has 1 amide bonds. The second-order valence-corrected chi connectivity index (χ2v) is 7.52. The van der Waals surface area contributed by atoms with Crippen molar-refractivity contribution < 1.29 is 37.7 Å². The predicted molar refractivity (Wildman–Crippen MR) is 105 cm³/mol. The maximum Gasteiger partial charge on any atom is 0.423 e. The Morgan fingerprint density at radius 2 is 1.71 bits per heavy atom. The lowest BCUT2D eigenvalue weighted by atomic mass is 9.80. The van der Waals surface area contributed by atoms with Gasteiger partial charge >= 0.3 is 12.3 Å². The van der Waals surface area contributed by atoms with E-state index in [-0.39, 0.29) is 31.1 Å². The van der Waals surface area contributed by atoms with Gasteiger partial charge in [-0.15, -0.1) is 0 Å². The molecule has 2 aromatic carbocycles. The van der Waals surface area contributed by atoms with Gasteiger partial charge in [0.25, 0.3) is 0 Å². The van der Waals surface area contributed by atoms with Crippen molar-refractivity contribution in [2.24, 2.45) is 5.92 Å². The second-order valence-electron chi connectivity index (χ2n) is 7.52. The molecule has 0 saturated heterocycles. The number of hydrogen-bond acceptors (Lipinski definition) is 4. The van der Waals surface area contributed by atoms with E-state index in [0.717, 1.165) is 25.3 Å². The molecular formula is C22H22F3NO5. The second kappa shape index (κ2) is 9.28. The van der Waals surface area contributed by atoms with Crippen LogP contribution in [0.25, 0.3) is 0 Å². The summed E-state index contributed by atoms with van der Waals surface area (Å²) in [7, 11) is 0. The lowest BCUT2D eigenvalue weighted by Crippen LogP contribution is -2.19. The van der Waals surface area contributed by atoms with Crippen LogP contribution in [-0.2, 0) is 19.3 Å². The van der Waals surface area contributed by atoms with E-state index in [2.05, 4.69) is 5.32 Å². The summed E-state index contributed by atoms with van der Waals surface area (Å²) >= 11 is 0. The summed E-state index contributed by atoms with van der Waals surface area (Å²) in [6, 6.07) is 8.67. The van der Waals surface area contributed by atoms with Gasteiger partial charge in [0, 0.05) is 13.0 Å². The average Bonchev–Trinajstić information content (AvgIpc) is 2.67. The van der Waals surface area contributed by atoms with Crippen LogP contribution in [0.1, 0.15) is 52.7 Å². The fourth-order valence-corrected chi connectivity index (χ4v) is 3.35. The van der Waals surface area contributed by atoms with E-state index in [0.29, 0.717) is 11.1 Å². The SMILES string of the molecule is O=C(O)NCc1ccc(COc2ccc(C(=O)CC3CCC3)c(O)c2C(F)(F)F)cc1. The third-order valence-corrected chi connectivity index (χ3v) is 5.28. The number of phenols is 1. The number of benzene rings is 2. The number of carbonyl (C=O) groups is 2. The summed E-state index contributed by atoms with van der Waals surface area (Å²) in [6.45, 7) is -0.108. The van der Waals surface area contributed by atoms with E-state index in [1.165, 1.54) is 6.07 Å². The zero-order chi connectivity index (χ0) is 22.6. The molecule has 0 aromatic heterocycles. The third kappa shape index (κ3) is 5.68. The zero-order valence-corrected chi connectivity index (χ0v) is 16.5. The fourth-order valence-electron chi connectivity index (χ4n) is 3.35. The summed E-state index contributed by atoms with van der Waals surface area (Å²) in [5, 5.41) is 21.1. The topological polar surface area (TPSA) is 95.9 Å². The monoisotopic (exact) mass is 437 g/mol. The van der Waals surface area contributed by atoms with Crippen molar-refractivity contribution in [1.29, 1.82) is 0 Å². The number of aromatic hydroxyl groups is 1. The number of ether oxygens (including phenoxy) is 1. The van der Waals surface area contributed by atoms with Crippen LogP contribution in [0.4, 0.5) is 18.0 Å². The van der Waals surface area contributed by atoms with Crippen LogP contribution in [-0.4, -0.2) is 22.1 Å². The zero-order valence-electron chi connectivity index (χ0n) is 16.5.